The van der Waals surface area contributed by atoms with Crippen molar-refractivity contribution in [2.45, 2.75) is 66.7 Å². The Morgan fingerprint density at radius 3 is 2.73 bits per heavy atom. The first-order chi connectivity index (χ1) is 10.2. The maximum atomic E-state index is 12.4. The molecular weight excluding hydrogens is 272 g/mol. The van der Waals surface area contributed by atoms with Gasteiger partial charge in [-0.05, 0) is 56.8 Å². The lowest BCUT2D eigenvalue weighted by Crippen LogP contribution is -2.52. The molecule has 2 nitrogen and oxygen atoms in total. The minimum absolute atomic E-state index is 0.132. The highest BCUT2D eigenvalue weighted by Crippen LogP contribution is 2.59. The predicted octanol–water partition coefficient (Wildman–Crippen LogP) is 4.68. The van der Waals surface area contributed by atoms with Crippen LogP contribution in [0.25, 0.3) is 0 Å². The van der Waals surface area contributed by atoms with Crippen LogP contribution in [0.2, 0.25) is 0 Å². The highest BCUT2D eigenvalue weighted by molar-refractivity contribution is 5.85. The van der Waals surface area contributed by atoms with Crippen molar-refractivity contribution in [3.05, 3.63) is 23.3 Å². The van der Waals surface area contributed by atoms with E-state index in [1.807, 2.05) is 6.08 Å². The molecule has 0 spiro atoms. The van der Waals surface area contributed by atoms with Crippen molar-refractivity contribution in [2.75, 3.05) is 6.61 Å². The van der Waals surface area contributed by atoms with Crippen LogP contribution in [0.15, 0.2) is 23.3 Å². The Labute approximate surface area is 135 Å². The lowest BCUT2D eigenvalue weighted by molar-refractivity contribution is -0.143. The van der Waals surface area contributed by atoms with E-state index in [9.17, 15) is 4.79 Å². The highest BCUT2D eigenvalue weighted by Gasteiger charge is 2.54. The van der Waals surface area contributed by atoms with Gasteiger partial charge in [-0.2, -0.15) is 0 Å². The van der Waals surface area contributed by atoms with E-state index in [-0.39, 0.29) is 17.4 Å². The third kappa shape index (κ3) is 2.95. The molecule has 3 atom stereocenters. The van der Waals surface area contributed by atoms with Gasteiger partial charge in [0.1, 0.15) is 5.78 Å². The molecule has 2 heteroatoms. The quantitative estimate of drug-likeness (QED) is 0.765. The third-order valence-electron chi connectivity index (χ3n) is 6.56. The van der Waals surface area contributed by atoms with E-state index < -0.39 is 0 Å². The van der Waals surface area contributed by atoms with Crippen LogP contribution in [0.1, 0.15) is 66.7 Å². The number of aliphatic hydroxyl groups is 1. The number of aliphatic hydroxyl groups excluding tert-OH is 1. The maximum absolute atomic E-state index is 12.4. The van der Waals surface area contributed by atoms with Crippen LogP contribution in [0.5, 0.6) is 0 Å². The largest absolute Gasteiger partial charge is 0.392 e. The summed E-state index contributed by atoms with van der Waals surface area (Å²) in [5, 5.41) is 9.04. The van der Waals surface area contributed by atoms with Crippen molar-refractivity contribution in [2.24, 2.45) is 22.7 Å². The van der Waals surface area contributed by atoms with Crippen molar-refractivity contribution >= 4 is 5.78 Å². The Kier molecular flexibility index (Phi) is 5.01. The highest BCUT2D eigenvalue weighted by atomic mass is 16.2. The second-order valence-corrected chi connectivity index (χ2v) is 8.21. The minimum Gasteiger partial charge on any atom is -0.392 e. The summed E-state index contributed by atoms with van der Waals surface area (Å²) in [6.45, 7) is 11.2. The normalized spacial score (nSPS) is 35.1. The van der Waals surface area contributed by atoms with Crippen LogP contribution in [0.3, 0.4) is 0 Å². The predicted molar refractivity (Wildman–Crippen MR) is 91.6 cm³/mol. The van der Waals surface area contributed by atoms with Gasteiger partial charge in [0.05, 0.1) is 6.61 Å². The van der Waals surface area contributed by atoms with E-state index in [1.165, 1.54) is 11.1 Å². The molecule has 2 rings (SSSR count). The Hall–Kier alpha value is -0.890. The number of fused-ring (bicyclic) bond motifs is 1. The molecule has 1 fully saturated rings. The number of ketones is 1. The van der Waals surface area contributed by atoms with E-state index in [1.54, 1.807) is 0 Å². The first-order valence-electron chi connectivity index (χ1n) is 8.70. The van der Waals surface area contributed by atoms with E-state index >= 15 is 0 Å². The van der Waals surface area contributed by atoms with Crippen LogP contribution < -0.4 is 0 Å². The number of hydrogen-bond acceptors (Lipinski definition) is 2. The molecule has 22 heavy (non-hydrogen) atoms. The van der Waals surface area contributed by atoms with Gasteiger partial charge in [0, 0.05) is 11.8 Å². The molecule has 0 aromatic carbocycles. The standard InChI is InChI=1S/C20H32O2/c1-14(11-13-21)6-8-16-15(2)7-9-17-19(3,4)18(22)10-12-20(16,17)5/h7,11,16-17,21H,6,8-10,12-13H2,1-5H3. The molecule has 0 radical (unpaired) electrons. The fraction of sp³-hybridized carbons (Fsp3) is 0.750. The SMILES string of the molecule is CC(=CCO)CCC1C(C)=CCC2C(C)(C)C(=O)CCC12C. The fourth-order valence-electron chi connectivity index (χ4n) is 5.03. The van der Waals surface area contributed by atoms with Gasteiger partial charge in [-0.15, -0.1) is 0 Å². The average molecular weight is 304 g/mol. The monoisotopic (exact) mass is 304 g/mol. The van der Waals surface area contributed by atoms with Crippen molar-refractivity contribution in [1.29, 1.82) is 0 Å². The van der Waals surface area contributed by atoms with Crippen molar-refractivity contribution in [1.82, 2.24) is 0 Å². The number of rotatable bonds is 4. The lowest BCUT2D eigenvalue weighted by atomic mass is 9.48. The van der Waals surface area contributed by atoms with Gasteiger partial charge >= 0.3 is 0 Å². The molecule has 0 amide bonds. The van der Waals surface area contributed by atoms with Crippen LogP contribution in [0.4, 0.5) is 0 Å². The second kappa shape index (κ2) is 6.31. The van der Waals surface area contributed by atoms with Crippen LogP contribution in [0, 0.1) is 22.7 Å². The summed E-state index contributed by atoms with van der Waals surface area (Å²) in [5.74, 6) is 1.45. The minimum atomic E-state index is -0.196. The number of carbonyl (C=O) groups excluding carboxylic acids is 1. The molecule has 3 unspecified atom stereocenters. The molecule has 1 saturated carbocycles. The molecular formula is C20H32O2. The van der Waals surface area contributed by atoms with Crippen LogP contribution in [-0.4, -0.2) is 17.5 Å². The lowest BCUT2D eigenvalue weighted by Gasteiger charge is -2.56. The van der Waals surface area contributed by atoms with Crippen molar-refractivity contribution in [3.63, 3.8) is 0 Å². The molecule has 0 aromatic rings. The van der Waals surface area contributed by atoms with E-state index in [0.717, 1.165) is 32.1 Å². The molecule has 0 heterocycles. The summed E-state index contributed by atoms with van der Waals surface area (Å²) in [6, 6.07) is 0. The molecule has 0 bridgehead atoms. The molecule has 0 aliphatic heterocycles. The average Bonchev–Trinajstić information content (AvgIpc) is 2.43. The Balaban J connectivity index is 2.26. The van der Waals surface area contributed by atoms with Crippen LogP contribution >= 0.6 is 0 Å². The number of allylic oxidation sites excluding steroid dienone is 3. The number of hydrogen-bond donors (Lipinski definition) is 1. The fourth-order valence-corrected chi connectivity index (χ4v) is 5.03. The smallest absolute Gasteiger partial charge is 0.138 e. The van der Waals surface area contributed by atoms with Gasteiger partial charge in [-0.1, -0.05) is 44.1 Å². The first kappa shape index (κ1) is 17.5. The molecule has 0 saturated heterocycles. The molecule has 2 aliphatic carbocycles. The Morgan fingerprint density at radius 1 is 1.41 bits per heavy atom. The summed E-state index contributed by atoms with van der Waals surface area (Å²) >= 11 is 0. The summed E-state index contributed by atoms with van der Waals surface area (Å²) in [4.78, 5) is 12.4. The van der Waals surface area contributed by atoms with Gasteiger partial charge in [0.15, 0.2) is 0 Å². The molecule has 2 aliphatic rings. The van der Waals surface area contributed by atoms with Gasteiger partial charge < -0.3 is 5.11 Å². The first-order valence-corrected chi connectivity index (χ1v) is 8.70. The van der Waals surface area contributed by atoms with Gasteiger partial charge in [-0.3, -0.25) is 4.79 Å². The second-order valence-electron chi connectivity index (χ2n) is 8.21. The van der Waals surface area contributed by atoms with Gasteiger partial charge in [0.2, 0.25) is 0 Å². The van der Waals surface area contributed by atoms with Crippen LogP contribution in [-0.2, 0) is 4.79 Å². The van der Waals surface area contributed by atoms with E-state index in [2.05, 4.69) is 40.7 Å². The van der Waals surface area contributed by atoms with Crippen molar-refractivity contribution in [3.8, 4) is 0 Å². The summed E-state index contributed by atoms with van der Waals surface area (Å²) < 4.78 is 0. The number of Topliss-reactive ketones (excluding diaryl/α,β-unsaturated/α-hetero) is 1. The zero-order chi connectivity index (χ0) is 16.5. The van der Waals surface area contributed by atoms with E-state index in [4.69, 9.17) is 5.11 Å². The maximum Gasteiger partial charge on any atom is 0.138 e. The zero-order valence-corrected chi connectivity index (χ0v) is 14.9. The Morgan fingerprint density at radius 2 is 2.09 bits per heavy atom. The van der Waals surface area contributed by atoms with Gasteiger partial charge in [0.25, 0.3) is 0 Å². The molecule has 0 aromatic heterocycles. The third-order valence-corrected chi connectivity index (χ3v) is 6.56. The molecule has 1 N–H and O–H groups in total. The summed E-state index contributed by atoms with van der Waals surface area (Å²) in [5.41, 5.74) is 2.81. The Bertz CT molecular complexity index is 498. The summed E-state index contributed by atoms with van der Waals surface area (Å²) in [6.07, 6.45) is 9.25. The molecule has 124 valence electrons. The van der Waals surface area contributed by atoms with Gasteiger partial charge in [-0.25, -0.2) is 0 Å². The van der Waals surface area contributed by atoms with E-state index in [0.29, 0.717) is 17.6 Å². The van der Waals surface area contributed by atoms with Crippen molar-refractivity contribution < 1.29 is 9.90 Å². The summed E-state index contributed by atoms with van der Waals surface area (Å²) in [7, 11) is 0. The number of carbonyl (C=O) groups is 1. The zero-order valence-electron chi connectivity index (χ0n) is 14.9. The topological polar surface area (TPSA) is 37.3 Å².